The van der Waals surface area contributed by atoms with E-state index in [1.165, 1.54) is 28.6 Å². The molecule has 0 bridgehead atoms. The highest BCUT2D eigenvalue weighted by Gasteiger charge is 2.23. The molecule has 0 spiro atoms. The topological polar surface area (TPSA) is 74.8 Å². The van der Waals surface area contributed by atoms with Gasteiger partial charge in [0.05, 0.1) is 9.79 Å². The highest BCUT2D eigenvalue weighted by Crippen LogP contribution is 2.21. The molecule has 2 rings (SSSR count). The molecule has 0 heterocycles. The molecule has 6 nitrogen and oxygen atoms in total. The maximum atomic E-state index is 12.9. The lowest BCUT2D eigenvalue weighted by atomic mass is 10.2. The first-order valence-electron chi connectivity index (χ1n) is 8.12. The third-order valence-corrected chi connectivity index (χ3v) is 7.12. The summed E-state index contributed by atoms with van der Waals surface area (Å²) < 4.78 is 50.2. The van der Waals surface area contributed by atoms with Gasteiger partial charge < -0.3 is 4.90 Å². The van der Waals surface area contributed by atoms with Gasteiger partial charge in [-0.25, -0.2) is 16.8 Å². The summed E-state index contributed by atoms with van der Waals surface area (Å²) >= 11 is 0. The van der Waals surface area contributed by atoms with Crippen LogP contribution in [0.25, 0.3) is 0 Å². The van der Waals surface area contributed by atoms with Gasteiger partial charge in [0.2, 0.25) is 10.0 Å². The fourth-order valence-corrected chi connectivity index (χ4v) is 4.55. The number of benzene rings is 2. The van der Waals surface area contributed by atoms with Crippen molar-refractivity contribution < 1.29 is 16.8 Å². The van der Waals surface area contributed by atoms with Gasteiger partial charge in [-0.15, -0.1) is 0 Å². The molecule has 0 aliphatic carbocycles. The van der Waals surface area contributed by atoms with Crippen LogP contribution < -0.4 is 4.90 Å². The predicted octanol–water partition coefficient (Wildman–Crippen LogP) is 2.37. The molecule has 2 aromatic carbocycles. The zero-order valence-electron chi connectivity index (χ0n) is 15.4. The molecule has 0 saturated carbocycles. The predicted molar refractivity (Wildman–Crippen MR) is 104 cm³/mol. The molecule has 0 aliphatic heterocycles. The van der Waals surface area contributed by atoms with E-state index < -0.39 is 19.9 Å². The van der Waals surface area contributed by atoms with Crippen molar-refractivity contribution in [2.24, 2.45) is 0 Å². The number of anilines is 1. The quantitative estimate of drug-likeness (QED) is 0.718. The Morgan fingerprint density at radius 2 is 1.31 bits per heavy atom. The maximum Gasteiger partial charge on any atom is 0.243 e. The van der Waals surface area contributed by atoms with Crippen molar-refractivity contribution in [2.75, 3.05) is 31.8 Å². The van der Waals surface area contributed by atoms with Crippen LogP contribution in [0.3, 0.4) is 0 Å². The van der Waals surface area contributed by atoms with Gasteiger partial charge in [-0.3, -0.25) is 0 Å². The lowest BCUT2D eigenvalue weighted by molar-refractivity contribution is 0.423. The molecule has 0 aliphatic rings. The van der Waals surface area contributed by atoms with E-state index in [2.05, 4.69) is 0 Å². The Kier molecular flexibility index (Phi) is 6.10. The van der Waals surface area contributed by atoms with Crippen LogP contribution in [-0.2, 0) is 26.4 Å². The van der Waals surface area contributed by atoms with Crippen molar-refractivity contribution in [2.45, 2.75) is 23.3 Å². The average Bonchev–Trinajstić information content (AvgIpc) is 2.59. The van der Waals surface area contributed by atoms with Gasteiger partial charge in [0.1, 0.15) is 0 Å². The molecule has 142 valence electrons. The molecular formula is C18H24N2O4S2. The van der Waals surface area contributed by atoms with Crippen molar-refractivity contribution in [3.8, 4) is 0 Å². The molecule has 0 radical (unpaired) electrons. The molecule has 0 saturated heterocycles. The third kappa shape index (κ3) is 4.63. The van der Waals surface area contributed by atoms with Crippen LogP contribution in [0.15, 0.2) is 58.3 Å². The van der Waals surface area contributed by atoms with E-state index in [0.29, 0.717) is 6.54 Å². The van der Waals surface area contributed by atoms with E-state index in [1.807, 2.05) is 43.3 Å². The standard InChI is InChI=1S/C18H24N2O4S2/c1-5-20(14-15-6-8-16(9-7-15)19(2)3)26(23,24)18-12-10-17(11-13-18)25(4,21)22/h6-13H,5,14H2,1-4H3. The van der Waals surface area contributed by atoms with Crippen LogP contribution in [0.1, 0.15) is 12.5 Å². The minimum atomic E-state index is -3.71. The van der Waals surface area contributed by atoms with E-state index in [9.17, 15) is 16.8 Å². The van der Waals surface area contributed by atoms with Gasteiger partial charge in [0, 0.05) is 39.1 Å². The number of hydrogen-bond acceptors (Lipinski definition) is 5. The number of rotatable bonds is 7. The van der Waals surface area contributed by atoms with Crippen LogP contribution in [0.4, 0.5) is 5.69 Å². The normalized spacial score (nSPS) is 12.3. The summed E-state index contributed by atoms with van der Waals surface area (Å²) in [7, 11) is -3.19. The zero-order valence-corrected chi connectivity index (χ0v) is 17.0. The lowest BCUT2D eigenvalue weighted by Gasteiger charge is -2.21. The number of sulfonamides is 1. The van der Waals surface area contributed by atoms with Gasteiger partial charge in [-0.05, 0) is 42.0 Å². The summed E-state index contributed by atoms with van der Waals surface area (Å²) in [5.41, 5.74) is 1.92. The van der Waals surface area contributed by atoms with Crippen molar-refractivity contribution in [3.63, 3.8) is 0 Å². The van der Waals surface area contributed by atoms with Crippen LogP contribution in [0, 0.1) is 0 Å². The van der Waals surface area contributed by atoms with Crippen molar-refractivity contribution >= 4 is 25.5 Å². The largest absolute Gasteiger partial charge is 0.378 e. The van der Waals surface area contributed by atoms with E-state index >= 15 is 0 Å². The first-order chi connectivity index (χ1) is 12.1. The van der Waals surface area contributed by atoms with Gasteiger partial charge in [-0.2, -0.15) is 4.31 Å². The summed E-state index contributed by atoms with van der Waals surface area (Å²) in [6.07, 6.45) is 1.09. The second-order valence-electron chi connectivity index (χ2n) is 6.24. The van der Waals surface area contributed by atoms with Crippen LogP contribution in [0.5, 0.6) is 0 Å². The first kappa shape index (κ1) is 20.4. The minimum absolute atomic E-state index is 0.0802. The Balaban J connectivity index is 2.27. The second-order valence-corrected chi connectivity index (χ2v) is 10.2. The fraction of sp³-hybridized carbons (Fsp3) is 0.333. The first-order valence-corrected chi connectivity index (χ1v) is 11.5. The Hall–Kier alpha value is -1.90. The van der Waals surface area contributed by atoms with Crippen molar-refractivity contribution in [1.29, 1.82) is 0 Å². The molecule has 0 fully saturated rings. The highest BCUT2D eigenvalue weighted by molar-refractivity contribution is 7.90. The number of hydrogen-bond donors (Lipinski definition) is 0. The van der Waals surface area contributed by atoms with Gasteiger partial charge in [-0.1, -0.05) is 19.1 Å². The van der Waals surface area contributed by atoms with E-state index in [4.69, 9.17) is 0 Å². The monoisotopic (exact) mass is 396 g/mol. The molecule has 0 atom stereocenters. The smallest absolute Gasteiger partial charge is 0.243 e. The molecule has 0 N–H and O–H groups in total. The molecule has 0 unspecified atom stereocenters. The fourth-order valence-electron chi connectivity index (χ4n) is 2.48. The molecule has 0 aromatic heterocycles. The van der Waals surface area contributed by atoms with Crippen molar-refractivity contribution in [1.82, 2.24) is 4.31 Å². The number of sulfone groups is 1. The molecule has 2 aromatic rings. The summed E-state index contributed by atoms with van der Waals surface area (Å²) in [5, 5.41) is 0. The SMILES string of the molecule is CCN(Cc1ccc(N(C)C)cc1)S(=O)(=O)c1ccc(S(C)(=O)=O)cc1. The van der Waals surface area contributed by atoms with E-state index in [-0.39, 0.29) is 16.3 Å². The summed E-state index contributed by atoms with van der Waals surface area (Å²) in [6.45, 7) is 2.34. The van der Waals surface area contributed by atoms with E-state index in [0.717, 1.165) is 17.5 Å². The molecule has 0 amide bonds. The van der Waals surface area contributed by atoms with Crippen LogP contribution in [0.2, 0.25) is 0 Å². The van der Waals surface area contributed by atoms with Gasteiger partial charge >= 0.3 is 0 Å². The minimum Gasteiger partial charge on any atom is -0.378 e. The third-order valence-electron chi connectivity index (χ3n) is 4.05. The Morgan fingerprint density at radius 3 is 1.73 bits per heavy atom. The number of nitrogens with zero attached hydrogens (tertiary/aromatic N) is 2. The Morgan fingerprint density at radius 1 is 0.808 bits per heavy atom. The Bertz CT molecular complexity index is 949. The molecular weight excluding hydrogens is 372 g/mol. The second kappa shape index (κ2) is 7.77. The highest BCUT2D eigenvalue weighted by atomic mass is 32.2. The summed E-state index contributed by atoms with van der Waals surface area (Å²) in [4.78, 5) is 2.15. The van der Waals surface area contributed by atoms with Gasteiger partial charge in [0.15, 0.2) is 9.84 Å². The Labute approximate surface area is 156 Å². The average molecular weight is 397 g/mol. The zero-order chi connectivity index (χ0) is 19.5. The van der Waals surface area contributed by atoms with Crippen molar-refractivity contribution in [3.05, 3.63) is 54.1 Å². The summed E-state index contributed by atoms with van der Waals surface area (Å²) in [6, 6.07) is 13.0. The molecule has 26 heavy (non-hydrogen) atoms. The van der Waals surface area contributed by atoms with Crippen LogP contribution in [-0.4, -0.2) is 48.0 Å². The van der Waals surface area contributed by atoms with Gasteiger partial charge in [0.25, 0.3) is 0 Å². The summed E-state index contributed by atoms with van der Waals surface area (Å²) in [5.74, 6) is 0. The molecule has 8 heteroatoms. The lowest BCUT2D eigenvalue weighted by Crippen LogP contribution is -2.30. The van der Waals surface area contributed by atoms with E-state index in [1.54, 1.807) is 6.92 Å². The maximum absolute atomic E-state index is 12.9. The van der Waals surface area contributed by atoms with Crippen LogP contribution >= 0.6 is 0 Å².